The van der Waals surface area contributed by atoms with Gasteiger partial charge in [0.05, 0.1) is 0 Å². The normalized spacial score (nSPS) is 20.8. The van der Waals surface area contributed by atoms with Gasteiger partial charge >= 0.3 is 0 Å². The van der Waals surface area contributed by atoms with Crippen LogP contribution in [0.2, 0.25) is 0 Å². The van der Waals surface area contributed by atoms with Crippen LogP contribution >= 0.6 is 11.8 Å². The minimum atomic E-state index is 0.468. The van der Waals surface area contributed by atoms with E-state index in [0.717, 1.165) is 31.8 Å². The third-order valence-corrected chi connectivity index (χ3v) is 7.47. The van der Waals surface area contributed by atoms with E-state index >= 15 is 0 Å². The van der Waals surface area contributed by atoms with Crippen LogP contribution in [0.25, 0.3) is 0 Å². The maximum Gasteiger partial charge on any atom is 0.109 e. The van der Waals surface area contributed by atoms with E-state index in [-0.39, 0.29) is 0 Å². The van der Waals surface area contributed by atoms with Crippen LogP contribution in [-0.4, -0.2) is 37.3 Å². The van der Waals surface area contributed by atoms with E-state index in [1.54, 1.807) is 11.1 Å². The molecule has 1 aromatic heterocycles. The zero-order valence-electron chi connectivity index (χ0n) is 17.8. The number of nitrogens with one attached hydrogen (secondary N) is 1. The predicted octanol–water partition coefficient (Wildman–Crippen LogP) is 4.94. The second-order valence-electron chi connectivity index (χ2n) is 8.72. The highest BCUT2D eigenvalue weighted by Crippen LogP contribution is 2.34. The molecule has 152 valence electrons. The molecule has 0 bridgehead atoms. The van der Waals surface area contributed by atoms with E-state index in [1.807, 2.05) is 11.8 Å². The maximum absolute atomic E-state index is 6.08. The Morgan fingerprint density at radius 3 is 2.79 bits per heavy atom. The lowest BCUT2D eigenvalue weighted by Crippen LogP contribution is -2.33. The molecule has 1 N–H and O–H groups in total. The molecule has 2 atom stereocenters. The standard InChI is InChI=1S/C24H34N2OS/c1-16(2)23-13-20-14-26(10-9-22(20)27-23)15-24(28-4)18-6-5-17-7-8-21(25-3)12-19(17)11-18/h5-6,11,13,16,21,24-25H,7-10,12,14-15H2,1-4H3. The second-order valence-corrected chi connectivity index (χ2v) is 9.76. The van der Waals surface area contributed by atoms with Crippen LogP contribution in [0.5, 0.6) is 0 Å². The van der Waals surface area contributed by atoms with Gasteiger partial charge in [-0.2, -0.15) is 11.8 Å². The van der Waals surface area contributed by atoms with Gasteiger partial charge in [-0.15, -0.1) is 0 Å². The lowest BCUT2D eigenvalue weighted by Gasteiger charge is -2.30. The highest BCUT2D eigenvalue weighted by atomic mass is 32.2. The number of fused-ring (bicyclic) bond motifs is 2. The molecule has 28 heavy (non-hydrogen) atoms. The molecule has 0 fully saturated rings. The van der Waals surface area contributed by atoms with E-state index in [4.69, 9.17) is 4.42 Å². The molecule has 2 heterocycles. The smallest absolute Gasteiger partial charge is 0.109 e. The van der Waals surface area contributed by atoms with Crippen LogP contribution in [-0.2, 0) is 25.8 Å². The van der Waals surface area contributed by atoms with E-state index in [0.29, 0.717) is 17.2 Å². The van der Waals surface area contributed by atoms with Crippen molar-refractivity contribution in [1.29, 1.82) is 0 Å². The van der Waals surface area contributed by atoms with E-state index in [9.17, 15) is 0 Å². The number of thioether (sulfide) groups is 1. The predicted molar refractivity (Wildman–Crippen MR) is 119 cm³/mol. The number of aryl methyl sites for hydroxylation is 1. The molecule has 0 amide bonds. The van der Waals surface area contributed by atoms with Crippen molar-refractivity contribution in [3.63, 3.8) is 0 Å². The van der Waals surface area contributed by atoms with Crippen LogP contribution < -0.4 is 5.32 Å². The summed E-state index contributed by atoms with van der Waals surface area (Å²) in [5.41, 5.74) is 6.00. The second kappa shape index (κ2) is 8.64. The van der Waals surface area contributed by atoms with Crippen molar-refractivity contribution in [2.45, 2.75) is 63.3 Å². The lowest BCUT2D eigenvalue weighted by molar-refractivity contribution is 0.242. The SMILES string of the molecule is CNC1CCc2ccc(C(CN3CCc4oc(C(C)C)cc4C3)SC)cc2C1. The Bertz CT molecular complexity index is 813. The van der Waals surface area contributed by atoms with Crippen molar-refractivity contribution in [1.82, 2.24) is 10.2 Å². The fourth-order valence-corrected chi connectivity index (χ4v) is 5.41. The highest BCUT2D eigenvalue weighted by Gasteiger charge is 2.25. The summed E-state index contributed by atoms with van der Waals surface area (Å²) >= 11 is 1.98. The summed E-state index contributed by atoms with van der Waals surface area (Å²) in [7, 11) is 2.09. The van der Waals surface area contributed by atoms with Crippen LogP contribution in [0.3, 0.4) is 0 Å². The molecule has 1 aliphatic heterocycles. The number of nitrogens with zero attached hydrogens (tertiary/aromatic N) is 1. The van der Waals surface area contributed by atoms with Gasteiger partial charge in [0.25, 0.3) is 0 Å². The fourth-order valence-electron chi connectivity index (χ4n) is 4.63. The quantitative estimate of drug-likeness (QED) is 0.746. The summed E-state index contributed by atoms with van der Waals surface area (Å²) in [5.74, 6) is 2.82. The van der Waals surface area contributed by atoms with Gasteiger partial charge in [0.2, 0.25) is 0 Å². The molecule has 0 saturated carbocycles. The third kappa shape index (κ3) is 4.19. The van der Waals surface area contributed by atoms with Crippen molar-refractivity contribution in [2.24, 2.45) is 0 Å². The Morgan fingerprint density at radius 1 is 1.18 bits per heavy atom. The van der Waals surface area contributed by atoms with Gasteiger partial charge in [-0.3, -0.25) is 4.90 Å². The van der Waals surface area contributed by atoms with E-state index in [1.165, 1.54) is 36.1 Å². The largest absolute Gasteiger partial charge is 0.465 e. The van der Waals surface area contributed by atoms with Crippen molar-refractivity contribution in [3.8, 4) is 0 Å². The average Bonchev–Trinajstić information content (AvgIpc) is 3.15. The zero-order chi connectivity index (χ0) is 19.7. The molecular weight excluding hydrogens is 364 g/mol. The summed E-state index contributed by atoms with van der Waals surface area (Å²) in [6.45, 7) is 7.65. The molecule has 1 aliphatic carbocycles. The molecule has 0 saturated heterocycles. The fraction of sp³-hybridized carbons (Fsp3) is 0.583. The van der Waals surface area contributed by atoms with Crippen LogP contribution in [0, 0.1) is 0 Å². The van der Waals surface area contributed by atoms with Crippen molar-refractivity contribution >= 4 is 11.8 Å². The Balaban J connectivity index is 1.46. The molecule has 0 radical (unpaired) electrons. The summed E-state index contributed by atoms with van der Waals surface area (Å²) in [6, 6.07) is 10.2. The number of rotatable bonds is 6. The number of benzene rings is 1. The molecular formula is C24H34N2OS. The number of likely N-dealkylation sites (N-methyl/N-ethyl adjacent to an activating group) is 1. The van der Waals surface area contributed by atoms with E-state index in [2.05, 4.69) is 61.6 Å². The Kier molecular flexibility index (Phi) is 6.19. The summed E-state index contributed by atoms with van der Waals surface area (Å²) in [4.78, 5) is 2.61. The number of hydrogen-bond acceptors (Lipinski definition) is 4. The van der Waals surface area contributed by atoms with Gasteiger partial charge in [0.1, 0.15) is 11.5 Å². The molecule has 2 aliphatic rings. The molecule has 2 unspecified atom stereocenters. The van der Waals surface area contributed by atoms with Gasteiger partial charge < -0.3 is 9.73 Å². The maximum atomic E-state index is 6.08. The highest BCUT2D eigenvalue weighted by molar-refractivity contribution is 7.98. The van der Waals surface area contributed by atoms with Gasteiger partial charge in [-0.1, -0.05) is 32.0 Å². The van der Waals surface area contributed by atoms with Crippen LogP contribution in [0.4, 0.5) is 0 Å². The lowest BCUT2D eigenvalue weighted by atomic mass is 9.87. The zero-order valence-corrected chi connectivity index (χ0v) is 18.6. The van der Waals surface area contributed by atoms with Crippen LogP contribution in [0.15, 0.2) is 28.7 Å². The summed E-state index contributed by atoms with van der Waals surface area (Å²) in [6.07, 6.45) is 6.93. The Hall–Kier alpha value is -1.23. The Labute approximate surface area is 174 Å². The van der Waals surface area contributed by atoms with Crippen molar-refractivity contribution in [2.75, 3.05) is 26.4 Å². The average molecular weight is 399 g/mol. The molecule has 1 aromatic carbocycles. The first-order valence-electron chi connectivity index (χ1n) is 10.7. The first-order chi connectivity index (χ1) is 13.6. The summed E-state index contributed by atoms with van der Waals surface area (Å²) < 4.78 is 6.08. The first kappa shape index (κ1) is 20.1. The van der Waals surface area contributed by atoms with Gasteiger partial charge in [-0.25, -0.2) is 0 Å². The Morgan fingerprint density at radius 2 is 2.04 bits per heavy atom. The number of hydrogen-bond donors (Lipinski definition) is 1. The number of furan rings is 1. The third-order valence-electron chi connectivity index (χ3n) is 6.48. The topological polar surface area (TPSA) is 28.4 Å². The van der Waals surface area contributed by atoms with Crippen molar-refractivity contribution in [3.05, 3.63) is 58.0 Å². The van der Waals surface area contributed by atoms with Gasteiger partial charge in [0.15, 0.2) is 0 Å². The van der Waals surface area contributed by atoms with Crippen molar-refractivity contribution < 1.29 is 4.42 Å². The monoisotopic (exact) mass is 398 g/mol. The van der Waals surface area contributed by atoms with E-state index < -0.39 is 0 Å². The molecule has 0 spiro atoms. The minimum Gasteiger partial charge on any atom is -0.465 e. The summed E-state index contributed by atoms with van der Waals surface area (Å²) in [5, 5.41) is 4.00. The molecule has 3 nitrogen and oxygen atoms in total. The van der Waals surface area contributed by atoms with Crippen LogP contribution in [0.1, 0.15) is 65.2 Å². The minimum absolute atomic E-state index is 0.468. The molecule has 4 rings (SSSR count). The molecule has 4 heteroatoms. The first-order valence-corrected chi connectivity index (χ1v) is 12.0. The molecule has 2 aromatic rings. The van der Waals surface area contributed by atoms with Gasteiger partial charge in [0, 0.05) is 48.8 Å². The van der Waals surface area contributed by atoms with Gasteiger partial charge in [-0.05, 0) is 55.3 Å².